The fourth-order valence-corrected chi connectivity index (χ4v) is 4.25. The van der Waals surface area contributed by atoms with Gasteiger partial charge in [-0.15, -0.1) is 0 Å². The Morgan fingerprint density at radius 1 is 1.03 bits per heavy atom. The van der Waals surface area contributed by atoms with Gasteiger partial charge in [-0.3, -0.25) is 9.69 Å². The van der Waals surface area contributed by atoms with Gasteiger partial charge in [-0.2, -0.15) is 4.99 Å². The fraction of sp³-hybridized carbons (Fsp3) is 0.286. The fourth-order valence-electron chi connectivity index (χ4n) is 4.03. The largest absolute Gasteiger partial charge is 0.369 e. The SMILES string of the molecule is NC1=NC2(CCCCC2)N(c2ccc(NC(=O)c3ccccc3Cl)cc2)C(N)=N1. The number of hydrogen-bond donors (Lipinski definition) is 3. The third-order valence-electron chi connectivity index (χ3n) is 5.35. The van der Waals surface area contributed by atoms with Gasteiger partial charge in [0, 0.05) is 11.4 Å². The zero-order valence-electron chi connectivity index (χ0n) is 15.9. The number of nitrogens with two attached hydrogens (primary N) is 2. The summed E-state index contributed by atoms with van der Waals surface area (Å²) in [6.07, 6.45) is 5.04. The van der Waals surface area contributed by atoms with Crippen LogP contribution in [-0.4, -0.2) is 23.5 Å². The number of aliphatic imine (C=N–C) groups is 2. The molecule has 2 aliphatic rings. The van der Waals surface area contributed by atoms with Crippen molar-refractivity contribution >= 4 is 40.8 Å². The van der Waals surface area contributed by atoms with Gasteiger partial charge < -0.3 is 16.8 Å². The molecule has 1 spiro atoms. The molecule has 1 amide bonds. The second-order valence-corrected chi connectivity index (χ2v) is 7.71. The molecule has 7 nitrogen and oxygen atoms in total. The summed E-state index contributed by atoms with van der Waals surface area (Å²) in [5, 5.41) is 3.28. The molecule has 29 heavy (non-hydrogen) atoms. The Hall–Kier alpha value is -3.06. The quantitative estimate of drug-likeness (QED) is 0.716. The van der Waals surface area contributed by atoms with E-state index in [0.717, 1.165) is 31.4 Å². The molecule has 8 heteroatoms. The maximum Gasteiger partial charge on any atom is 0.257 e. The number of carbonyl (C=O) groups excluding carboxylic acids is 1. The van der Waals surface area contributed by atoms with Crippen LogP contribution in [0.25, 0.3) is 0 Å². The van der Waals surface area contributed by atoms with E-state index in [0.29, 0.717) is 22.2 Å². The van der Waals surface area contributed by atoms with Crippen molar-refractivity contribution in [2.75, 3.05) is 10.2 Å². The van der Waals surface area contributed by atoms with Gasteiger partial charge in [0.15, 0.2) is 0 Å². The van der Waals surface area contributed by atoms with E-state index in [1.165, 1.54) is 6.42 Å². The third kappa shape index (κ3) is 3.78. The Kier molecular flexibility index (Phi) is 5.15. The summed E-state index contributed by atoms with van der Waals surface area (Å²) < 4.78 is 0. The monoisotopic (exact) mass is 410 g/mol. The Balaban J connectivity index is 1.57. The van der Waals surface area contributed by atoms with Crippen LogP contribution in [0.1, 0.15) is 42.5 Å². The van der Waals surface area contributed by atoms with Crippen LogP contribution in [0.4, 0.5) is 11.4 Å². The first kappa shape index (κ1) is 19.3. The summed E-state index contributed by atoms with van der Waals surface area (Å²) in [7, 11) is 0. The first-order valence-electron chi connectivity index (χ1n) is 9.64. The molecule has 0 bridgehead atoms. The zero-order chi connectivity index (χ0) is 20.4. The van der Waals surface area contributed by atoms with Crippen molar-refractivity contribution in [1.82, 2.24) is 0 Å². The van der Waals surface area contributed by atoms with E-state index in [-0.39, 0.29) is 11.9 Å². The normalized spacial score (nSPS) is 18.2. The number of nitrogens with zero attached hydrogens (tertiary/aromatic N) is 3. The van der Waals surface area contributed by atoms with E-state index < -0.39 is 5.66 Å². The topological polar surface area (TPSA) is 109 Å². The highest BCUT2D eigenvalue weighted by atomic mass is 35.5. The molecule has 0 aromatic heterocycles. The zero-order valence-corrected chi connectivity index (χ0v) is 16.7. The predicted molar refractivity (Wildman–Crippen MR) is 117 cm³/mol. The van der Waals surface area contributed by atoms with Crippen LogP contribution in [0.5, 0.6) is 0 Å². The van der Waals surface area contributed by atoms with E-state index in [4.69, 9.17) is 23.1 Å². The minimum absolute atomic E-state index is 0.226. The number of anilines is 2. The molecule has 1 saturated carbocycles. The van der Waals surface area contributed by atoms with Crippen LogP contribution in [0.2, 0.25) is 5.02 Å². The first-order valence-corrected chi connectivity index (χ1v) is 10.0. The number of benzene rings is 2. The molecule has 0 atom stereocenters. The maximum atomic E-state index is 12.5. The summed E-state index contributed by atoms with van der Waals surface area (Å²) in [5.41, 5.74) is 13.6. The second kappa shape index (κ2) is 7.75. The molecule has 1 fully saturated rings. The lowest BCUT2D eigenvalue weighted by Gasteiger charge is -2.45. The smallest absolute Gasteiger partial charge is 0.257 e. The van der Waals surface area contributed by atoms with Crippen LogP contribution in [0.3, 0.4) is 0 Å². The van der Waals surface area contributed by atoms with Crippen molar-refractivity contribution in [2.45, 2.75) is 37.8 Å². The van der Waals surface area contributed by atoms with E-state index >= 15 is 0 Å². The van der Waals surface area contributed by atoms with Crippen LogP contribution < -0.4 is 21.7 Å². The molecule has 0 unspecified atom stereocenters. The predicted octanol–water partition coefficient (Wildman–Crippen LogP) is 3.70. The van der Waals surface area contributed by atoms with Gasteiger partial charge in [-0.05, 0) is 62.1 Å². The lowest BCUT2D eigenvalue weighted by molar-refractivity contribution is 0.102. The van der Waals surface area contributed by atoms with Gasteiger partial charge in [-0.1, -0.05) is 30.2 Å². The highest BCUT2D eigenvalue weighted by Crippen LogP contribution is 2.39. The average Bonchev–Trinajstić information content (AvgIpc) is 2.69. The van der Waals surface area contributed by atoms with Crippen molar-refractivity contribution < 1.29 is 4.79 Å². The first-order chi connectivity index (χ1) is 14.0. The minimum Gasteiger partial charge on any atom is -0.369 e. The van der Waals surface area contributed by atoms with Crippen LogP contribution in [0.15, 0.2) is 58.5 Å². The van der Waals surface area contributed by atoms with Crippen LogP contribution in [0, 0.1) is 0 Å². The summed E-state index contributed by atoms with van der Waals surface area (Å²) in [6.45, 7) is 0. The maximum absolute atomic E-state index is 12.5. The molecule has 150 valence electrons. The molecule has 1 aliphatic carbocycles. The second-order valence-electron chi connectivity index (χ2n) is 7.30. The Labute approximate surface area is 174 Å². The lowest BCUT2D eigenvalue weighted by atomic mass is 9.87. The molecule has 2 aromatic rings. The summed E-state index contributed by atoms with van der Waals surface area (Å²) in [6, 6.07) is 14.4. The van der Waals surface area contributed by atoms with Crippen LogP contribution >= 0.6 is 11.6 Å². The number of rotatable bonds is 3. The number of halogens is 1. The number of nitrogens with one attached hydrogen (secondary N) is 1. The number of hydrogen-bond acceptors (Lipinski definition) is 6. The van der Waals surface area contributed by atoms with E-state index in [1.54, 1.807) is 24.3 Å². The Morgan fingerprint density at radius 2 is 1.72 bits per heavy atom. The Bertz CT molecular complexity index is 979. The number of amides is 1. The van der Waals surface area contributed by atoms with Crippen LogP contribution in [-0.2, 0) is 0 Å². The van der Waals surface area contributed by atoms with Gasteiger partial charge >= 0.3 is 0 Å². The molecular weight excluding hydrogens is 388 g/mol. The average molecular weight is 411 g/mol. The van der Waals surface area contributed by atoms with Gasteiger partial charge in [0.05, 0.1) is 10.6 Å². The molecule has 1 aliphatic heterocycles. The lowest BCUT2D eigenvalue weighted by Crippen LogP contribution is -2.58. The number of guanidine groups is 2. The molecule has 4 rings (SSSR count). The van der Waals surface area contributed by atoms with Crippen molar-refractivity contribution in [1.29, 1.82) is 0 Å². The molecule has 0 saturated heterocycles. The minimum atomic E-state index is -0.490. The number of carbonyl (C=O) groups is 1. The third-order valence-corrected chi connectivity index (χ3v) is 5.68. The molecular formula is C21H23ClN6O. The molecule has 5 N–H and O–H groups in total. The standard InChI is InChI=1S/C21H23ClN6O/c22-17-7-3-2-6-16(17)18(29)25-14-8-10-15(11-9-14)28-20(24)26-19(23)27-21(28)12-4-1-5-13-21/h2-3,6-11H,1,4-5,12-13H2,(H,25,29)(H4,23,24,26,27). The highest BCUT2D eigenvalue weighted by molar-refractivity contribution is 6.34. The van der Waals surface area contributed by atoms with E-state index in [2.05, 4.69) is 15.3 Å². The van der Waals surface area contributed by atoms with E-state index in [1.807, 2.05) is 29.2 Å². The Morgan fingerprint density at radius 3 is 2.41 bits per heavy atom. The molecule has 2 aromatic carbocycles. The molecule has 0 radical (unpaired) electrons. The van der Waals surface area contributed by atoms with Crippen molar-refractivity contribution in [3.8, 4) is 0 Å². The van der Waals surface area contributed by atoms with Gasteiger partial charge in [0.2, 0.25) is 11.9 Å². The van der Waals surface area contributed by atoms with Gasteiger partial charge in [-0.25, -0.2) is 4.99 Å². The van der Waals surface area contributed by atoms with Crippen molar-refractivity contribution in [2.24, 2.45) is 21.5 Å². The summed E-state index contributed by atoms with van der Waals surface area (Å²) in [4.78, 5) is 23.3. The van der Waals surface area contributed by atoms with Crippen molar-refractivity contribution in [3.05, 3.63) is 59.1 Å². The van der Waals surface area contributed by atoms with Gasteiger partial charge in [0.25, 0.3) is 5.91 Å². The highest BCUT2D eigenvalue weighted by Gasteiger charge is 2.42. The summed E-state index contributed by atoms with van der Waals surface area (Å²) >= 11 is 6.11. The van der Waals surface area contributed by atoms with Crippen molar-refractivity contribution in [3.63, 3.8) is 0 Å². The van der Waals surface area contributed by atoms with Gasteiger partial charge in [0.1, 0.15) is 5.66 Å². The van der Waals surface area contributed by atoms with E-state index in [9.17, 15) is 4.79 Å². The molecule has 1 heterocycles. The summed E-state index contributed by atoms with van der Waals surface area (Å²) in [5.74, 6) is 0.306.